The van der Waals surface area contributed by atoms with Crippen LogP contribution in [0.1, 0.15) is 27.7 Å². The van der Waals surface area contributed by atoms with E-state index in [1.807, 2.05) is 13.8 Å². The lowest BCUT2D eigenvalue weighted by atomic mass is 10.1. The van der Waals surface area contributed by atoms with Gasteiger partial charge in [-0.05, 0) is 19.8 Å². The number of nitrogens with one attached hydrogen (secondary N) is 1. The van der Waals surface area contributed by atoms with Crippen molar-refractivity contribution >= 4 is 5.71 Å². The van der Waals surface area contributed by atoms with Crippen LogP contribution < -0.4 is 5.32 Å². The van der Waals surface area contributed by atoms with Gasteiger partial charge in [-0.15, -0.1) is 0 Å². The van der Waals surface area contributed by atoms with Crippen LogP contribution in [-0.2, 0) is 9.57 Å². The molecule has 15 heavy (non-hydrogen) atoms. The molecule has 0 fully saturated rings. The number of rotatable bonds is 9. The van der Waals surface area contributed by atoms with Crippen LogP contribution in [0, 0.1) is 5.92 Å². The molecule has 0 atom stereocenters. The molecule has 4 nitrogen and oxygen atoms in total. The predicted octanol–water partition coefficient (Wildman–Crippen LogP) is 1.66. The maximum absolute atomic E-state index is 5.18. The number of hydrogen-bond acceptors (Lipinski definition) is 4. The van der Waals surface area contributed by atoms with Gasteiger partial charge in [-0.2, -0.15) is 0 Å². The fraction of sp³-hybridized carbons (Fsp3) is 0.909. The molecule has 4 heteroatoms. The van der Waals surface area contributed by atoms with Gasteiger partial charge in [0, 0.05) is 19.7 Å². The van der Waals surface area contributed by atoms with E-state index in [1.54, 1.807) is 0 Å². The van der Waals surface area contributed by atoms with Gasteiger partial charge in [-0.1, -0.05) is 19.0 Å². The minimum atomic E-state index is 0.455. The largest absolute Gasteiger partial charge is 0.394 e. The second-order valence-electron chi connectivity index (χ2n) is 3.67. The van der Waals surface area contributed by atoms with Crippen molar-refractivity contribution in [2.24, 2.45) is 11.1 Å². The normalized spacial score (nSPS) is 12.2. The van der Waals surface area contributed by atoms with Crippen molar-refractivity contribution in [2.75, 3.05) is 32.9 Å². The fourth-order valence-corrected chi connectivity index (χ4v) is 0.784. The van der Waals surface area contributed by atoms with Crippen molar-refractivity contribution in [2.45, 2.75) is 27.7 Å². The topological polar surface area (TPSA) is 42.8 Å². The zero-order valence-corrected chi connectivity index (χ0v) is 10.4. The minimum Gasteiger partial charge on any atom is -0.394 e. The molecule has 0 rings (SSSR count). The molecule has 0 aromatic rings. The maximum atomic E-state index is 5.18. The van der Waals surface area contributed by atoms with Crippen molar-refractivity contribution in [3.05, 3.63) is 0 Å². The molecule has 0 aliphatic heterocycles. The molecular formula is C11H24N2O2. The van der Waals surface area contributed by atoms with Crippen molar-refractivity contribution in [1.29, 1.82) is 0 Å². The highest BCUT2D eigenvalue weighted by molar-refractivity contribution is 5.83. The molecular weight excluding hydrogens is 192 g/mol. The summed E-state index contributed by atoms with van der Waals surface area (Å²) in [5.74, 6) is 0.455. The van der Waals surface area contributed by atoms with E-state index < -0.39 is 0 Å². The third-order valence-electron chi connectivity index (χ3n) is 2.04. The Morgan fingerprint density at radius 3 is 2.53 bits per heavy atom. The van der Waals surface area contributed by atoms with Gasteiger partial charge < -0.3 is 14.9 Å². The first-order chi connectivity index (χ1) is 7.18. The van der Waals surface area contributed by atoms with Crippen LogP contribution >= 0.6 is 0 Å². The summed E-state index contributed by atoms with van der Waals surface area (Å²) in [7, 11) is 0. The van der Waals surface area contributed by atoms with Crippen molar-refractivity contribution < 1.29 is 9.57 Å². The van der Waals surface area contributed by atoms with E-state index in [0.29, 0.717) is 12.5 Å². The Balaban J connectivity index is 3.21. The molecule has 0 aliphatic carbocycles. The SMILES string of the molecule is CCOCCNCCO/N=C(\C)C(C)C. The average molecular weight is 216 g/mol. The Kier molecular flexibility index (Phi) is 9.52. The summed E-state index contributed by atoms with van der Waals surface area (Å²) >= 11 is 0. The summed E-state index contributed by atoms with van der Waals surface area (Å²) in [5.41, 5.74) is 1.03. The van der Waals surface area contributed by atoms with E-state index >= 15 is 0 Å². The van der Waals surface area contributed by atoms with Gasteiger partial charge in [0.2, 0.25) is 0 Å². The van der Waals surface area contributed by atoms with Gasteiger partial charge in [0.05, 0.1) is 12.3 Å². The molecule has 0 aliphatic rings. The average Bonchev–Trinajstić information content (AvgIpc) is 2.21. The summed E-state index contributed by atoms with van der Waals surface area (Å²) < 4.78 is 5.18. The zero-order chi connectivity index (χ0) is 11.5. The monoisotopic (exact) mass is 216 g/mol. The van der Waals surface area contributed by atoms with Crippen LogP contribution in [-0.4, -0.2) is 38.6 Å². The smallest absolute Gasteiger partial charge is 0.129 e. The third kappa shape index (κ3) is 9.69. The summed E-state index contributed by atoms with van der Waals surface area (Å²) in [6, 6.07) is 0. The fourth-order valence-electron chi connectivity index (χ4n) is 0.784. The standard InChI is InChI=1S/C11H24N2O2/c1-5-14-8-6-12-7-9-15-13-11(4)10(2)3/h10,12H,5-9H2,1-4H3/b13-11+. The van der Waals surface area contributed by atoms with Gasteiger partial charge in [0.15, 0.2) is 0 Å². The summed E-state index contributed by atoms with van der Waals surface area (Å²) in [5, 5.41) is 7.21. The number of hydrogen-bond donors (Lipinski definition) is 1. The molecule has 1 N–H and O–H groups in total. The number of nitrogens with zero attached hydrogens (tertiary/aromatic N) is 1. The van der Waals surface area contributed by atoms with E-state index in [-0.39, 0.29) is 0 Å². The molecule has 0 unspecified atom stereocenters. The quantitative estimate of drug-likeness (QED) is 0.362. The summed E-state index contributed by atoms with van der Waals surface area (Å²) in [6.45, 7) is 12.0. The highest BCUT2D eigenvalue weighted by Crippen LogP contribution is 1.95. The Morgan fingerprint density at radius 2 is 1.93 bits per heavy atom. The lowest BCUT2D eigenvalue weighted by molar-refractivity contribution is 0.131. The van der Waals surface area contributed by atoms with Crippen LogP contribution in [0.3, 0.4) is 0 Å². The molecule has 0 aromatic carbocycles. The molecule has 90 valence electrons. The summed E-state index contributed by atoms with van der Waals surface area (Å²) in [6.07, 6.45) is 0. The lowest BCUT2D eigenvalue weighted by Crippen LogP contribution is -2.23. The van der Waals surface area contributed by atoms with Crippen molar-refractivity contribution in [3.63, 3.8) is 0 Å². The van der Waals surface area contributed by atoms with Crippen LogP contribution in [0.2, 0.25) is 0 Å². The second-order valence-corrected chi connectivity index (χ2v) is 3.67. The molecule has 0 amide bonds. The van der Waals surface area contributed by atoms with Crippen LogP contribution in [0.25, 0.3) is 0 Å². The molecule has 0 aromatic heterocycles. The molecule has 0 heterocycles. The van der Waals surface area contributed by atoms with Crippen LogP contribution in [0.5, 0.6) is 0 Å². The highest BCUT2D eigenvalue weighted by atomic mass is 16.6. The second kappa shape index (κ2) is 9.93. The van der Waals surface area contributed by atoms with Gasteiger partial charge in [-0.25, -0.2) is 0 Å². The number of ether oxygens (including phenoxy) is 1. The van der Waals surface area contributed by atoms with E-state index in [1.165, 1.54) is 0 Å². The first-order valence-corrected chi connectivity index (χ1v) is 5.63. The molecule has 0 bridgehead atoms. The lowest BCUT2D eigenvalue weighted by Gasteiger charge is -2.06. The first kappa shape index (κ1) is 14.4. The first-order valence-electron chi connectivity index (χ1n) is 5.63. The van der Waals surface area contributed by atoms with Gasteiger partial charge >= 0.3 is 0 Å². The van der Waals surface area contributed by atoms with E-state index in [2.05, 4.69) is 24.3 Å². The Morgan fingerprint density at radius 1 is 1.27 bits per heavy atom. The predicted molar refractivity (Wildman–Crippen MR) is 63.3 cm³/mol. The van der Waals surface area contributed by atoms with Gasteiger partial charge in [0.25, 0.3) is 0 Å². The maximum Gasteiger partial charge on any atom is 0.129 e. The number of oxime groups is 1. The Bertz CT molecular complexity index is 170. The van der Waals surface area contributed by atoms with E-state index in [4.69, 9.17) is 9.57 Å². The third-order valence-corrected chi connectivity index (χ3v) is 2.04. The van der Waals surface area contributed by atoms with Crippen LogP contribution in [0.4, 0.5) is 0 Å². The van der Waals surface area contributed by atoms with E-state index in [0.717, 1.165) is 32.0 Å². The van der Waals surface area contributed by atoms with Crippen LogP contribution in [0.15, 0.2) is 5.16 Å². The molecule has 0 spiro atoms. The van der Waals surface area contributed by atoms with Gasteiger partial charge in [-0.3, -0.25) is 0 Å². The molecule has 0 saturated heterocycles. The highest BCUT2D eigenvalue weighted by Gasteiger charge is 1.97. The summed E-state index contributed by atoms with van der Waals surface area (Å²) in [4.78, 5) is 5.15. The Hall–Kier alpha value is -0.610. The van der Waals surface area contributed by atoms with E-state index in [9.17, 15) is 0 Å². The Labute approximate surface area is 93.0 Å². The molecule has 0 radical (unpaired) electrons. The zero-order valence-electron chi connectivity index (χ0n) is 10.4. The van der Waals surface area contributed by atoms with Crippen molar-refractivity contribution in [3.8, 4) is 0 Å². The van der Waals surface area contributed by atoms with Gasteiger partial charge in [0.1, 0.15) is 6.61 Å². The van der Waals surface area contributed by atoms with Crippen molar-refractivity contribution in [1.82, 2.24) is 5.32 Å². The minimum absolute atomic E-state index is 0.455. The molecule has 0 saturated carbocycles.